The Morgan fingerprint density at radius 1 is 0.943 bits per heavy atom. The zero-order valence-electron chi connectivity index (χ0n) is 19.9. The molecule has 4 rings (SSSR count). The first-order chi connectivity index (χ1) is 17.2. The van der Waals surface area contributed by atoms with Gasteiger partial charge in [0.25, 0.3) is 5.91 Å². The summed E-state index contributed by atoms with van der Waals surface area (Å²) < 4.78 is 13.4. The molecule has 0 radical (unpaired) electrons. The highest BCUT2D eigenvalue weighted by Gasteiger charge is 2.13. The summed E-state index contributed by atoms with van der Waals surface area (Å²) in [5.41, 5.74) is 2.67. The third kappa shape index (κ3) is 6.34. The second-order valence-corrected chi connectivity index (χ2v) is 8.62. The summed E-state index contributed by atoms with van der Waals surface area (Å²) in [6, 6.07) is 23.0. The molecular weight excluding hydrogens is 462 g/mol. The molecule has 0 saturated carbocycles. The fraction of sp³-hybridized carbons (Fsp3) is 0.286. The van der Waals surface area contributed by atoms with E-state index in [1.807, 2.05) is 54.6 Å². The molecule has 0 aliphatic rings. The van der Waals surface area contributed by atoms with Crippen LogP contribution in [0.4, 0.5) is 0 Å². The normalized spacial score (nSPS) is 10.9. The molecule has 35 heavy (non-hydrogen) atoms. The number of halogens is 1. The second kappa shape index (κ2) is 12.3. The molecule has 7 heteroatoms. The Balaban J connectivity index is 1.30. The number of aromatic nitrogens is 2. The van der Waals surface area contributed by atoms with Crippen molar-refractivity contribution >= 4 is 28.5 Å². The summed E-state index contributed by atoms with van der Waals surface area (Å²) >= 11 is 6.16. The summed E-state index contributed by atoms with van der Waals surface area (Å²) in [6.45, 7) is 2.03. The minimum absolute atomic E-state index is 0.130. The Hall–Kier alpha value is -3.51. The van der Waals surface area contributed by atoms with Crippen LogP contribution in [-0.4, -0.2) is 35.7 Å². The van der Waals surface area contributed by atoms with Crippen molar-refractivity contribution in [3.05, 3.63) is 89.2 Å². The van der Waals surface area contributed by atoms with Crippen LogP contribution in [0.15, 0.2) is 72.8 Å². The van der Waals surface area contributed by atoms with Crippen molar-refractivity contribution in [1.29, 1.82) is 0 Å². The monoisotopic (exact) mass is 491 g/mol. The number of fused-ring (bicyclic) bond motifs is 1. The van der Waals surface area contributed by atoms with E-state index in [0.717, 1.165) is 54.8 Å². The van der Waals surface area contributed by atoms with Crippen LogP contribution in [0.3, 0.4) is 0 Å². The quantitative estimate of drug-likeness (QED) is 0.250. The van der Waals surface area contributed by atoms with Crippen molar-refractivity contribution in [2.75, 3.05) is 20.3 Å². The van der Waals surface area contributed by atoms with Crippen LogP contribution in [-0.2, 0) is 13.0 Å². The maximum atomic E-state index is 12.5. The van der Waals surface area contributed by atoms with Gasteiger partial charge < -0.3 is 19.4 Å². The lowest BCUT2D eigenvalue weighted by molar-refractivity contribution is 0.0950. The van der Waals surface area contributed by atoms with Crippen LogP contribution in [0.2, 0.25) is 5.02 Å². The summed E-state index contributed by atoms with van der Waals surface area (Å²) in [7, 11) is 1.57. The number of aryl methyl sites for hydroxylation is 2. The van der Waals surface area contributed by atoms with Gasteiger partial charge in [-0.15, -0.1) is 0 Å². The number of hydrogen-bond acceptors (Lipinski definition) is 4. The summed E-state index contributed by atoms with van der Waals surface area (Å²) in [6.07, 6.45) is 3.44. The van der Waals surface area contributed by atoms with E-state index >= 15 is 0 Å². The van der Waals surface area contributed by atoms with Crippen molar-refractivity contribution in [2.45, 2.75) is 32.2 Å². The van der Waals surface area contributed by atoms with Crippen molar-refractivity contribution in [2.24, 2.45) is 0 Å². The highest BCUT2D eigenvalue weighted by Crippen LogP contribution is 2.23. The molecule has 0 unspecified atom stereocenters. The molecule has 0 bridgehead atoms. The summed E-state index contributed by atoms with van der Waals surface area (Å²) in [4.78, 5) is 17.4. The van der Waals surface area contributed by atoms with E-state index < -0.39 is 0 Å². The SMILES string of the molecule is COc1ccccc1C(=O)NCCCc1nc2ccccc2n1CCCCOc1ccccc1Cl. The first-order valence-corrected chi connectivity index (χ1v) is 12.3. The third-order valence-corrected chi connectivity index (χ3v) is 6.13. The number of imidazole rings is 1. The minimum atomic E-state index is -0.130. The van der Waals surface area contributed by atoms with Crippen LogP contribution in [0, 0.1) is 0 Å². The first-order valence-electron chi connectivity index (χ1n) is 11.9. The maximum absolute atomic E-state index is 12.5. The molecule has 0 aliphatic carbocycles. The van der Waals surface area contributed by atoms with Gasteiger partial charge >= 0.3 is 0 Å². The average molecular weight is 492 g/mol. The topological polar surface area (TPSA) is 65.4 Å². The van der Waals surface area contributed by atoms with Gasteiger partial charge in [0.1, 0.15) is 17.3 Å². The van der Waals surface area contributed by atoms with Crippen molar-refractivity contribution in [3.8, 4) is 11.5 Å². The molecule has 0 saturated heterocycles. The van der Waals surface area contributed by atoms with E-state index in [9.17, 15) is 4.79 Å². The number of benzene rings is 3. The fourth-order valence-electron chi connectivity index (χ4n) is 4.06. The molecule has 0 spiro atoms. The van der Waals surface area contributed by atoms with E-state index in [-0.39, 0.29) is 5.91 Å². The molecular formula is C28H30ClN3O3. The zero-order chi connectivity index (χ0) is 24.5. The van der Waals surface area contributed by atoms with Crippen molar-refractivity contribution in [3.63, 3.8) is 0 Å². The van der Waals surface area contributed by atoms with Crippen LogP contribution in [0.5, 0.6) is 11.5 Å². The molecule has 182 valence electrons. The van der Waals surface area contributed by atoms with Gasteiger partial charge in [0.2, 0.25) is 0 Å². The average Bonchev–Trinajstić information content (AvgIpc) is 3.24. The van der Waals surface area contributed by atoms with Gasteiger partial charge in [-0.2, -0.15) is 0 Å². The third-order valence-electron chi connectivity index (χ3n) is 5.82. The highest BCUT2D eigenvalue weighted by molar-refractivity contribution is 6.32. The molecule has 1 amide bonds. The lowest BCUT2D eigenvalue weighted by Crippen LogP contribution is -2.25. The highest BCUT2D eigenvalue weighted by atomic mass is 35.5. The van der Waals surface area contributed by atoms with E-state index in [0.29, 0.717) is 29.5 Å². The number of rotatable bonds is 12. The Morgan fingerprint density at radius 2 is 1.69 bits per heavy atom. The molecule has 1 N–H and O–H groups in total. The number of methoxy groups -OCH3 is 1. The number of para-hydroxylation sites is 4. The zero-order valence-corrected chi connectivity index (χ0v) is 20.6. The van der Waals surface area contributed by atoms with Gasteiger partial charge in [-0.05, 0) is 55.7 Å². The van der Waals surface area contributed by atoms with Gasteiger partial charge in [-0.25, -0.2) is 4.98 Å². The van der Waals surface area contributed by atoms with Gasteiger partial charge in [-0.3, -0.25) is 4.79 Å². The first kappa shape index (κ1) is 24.6. The van der Waals surface area contributed by atoms with Crippen molar-refractivity contribution < 1.29 is 14.3 Å². The number of nitrogens with one attached hydrogen (secondary N) is 1. The largest absolute Gasteiger partial charge is 0.496 e. The standard InChI is InChI=1S/C28H30ClN3O3/c1-34-25-15-6-2-11-21(25)28(33)30-18-10-17-27-31-23-13-4-5-14-24(23)32(27)19-8-9-20-35-26-16-7-3-12-22(26)29/h2-7,11-16H,8-10,17-20H2,1H3,(H,30,33). The van der Waals surface area contributed by atoms with Crippen LogP contribution >= 0.6 is 11.6 Å². The Kier molecular flexibility index (Phi) is 8.63. The molecule has 1 heterocycles. The molecule has 0 atom stereocenters. The molecule has 3 aromatic carbocycles. The number of ether oxygens (including phenoxy) is 2. The molecule has 0 fully saturated rings. The molecule has 1 aromatic heterocycles. The van der Waals surface area contributed by atoms with E-state index in [2.05, 4.69) is 16.0 Å². The number of carbonyl (C=O) groups excluding carboxylic acids is 1. The Labute approximate surface area is 210 Å². The summed E-state index contributed by atoms with van der Waals surface area (Å²) in [5.74, 6) is 2.20. The number of hydrogen-bond donors (Lipinski definition) is 1. The van der Waals surface area contributed by atoms with Crippen LogP contribution in [0.25, 0.3) is 11.0 Å². The lowest BCUT2D eigenvalue weighted by atomic mass is 10.2. The molecule has 0 aliphatic heterocycles. The molecule has 4 aromatic rings. The maximum Gasteiger partial charge on any atom is 0.255 e. The number of carbonyl (C=O) groups is 1. The van der Waals surface area contributed by atoms with Gasteiger partial charge in [0, 0.05) is 19.5 Å². The van der Waals surface area contributed by atoms with Gasteiger partial charge in [0.15, 0.2) is 0 Å². The van der Waals surface area contributed by atoms with Crippen LogP contribution < -0.4 is 14.8 Å². The smallest absolute Gasteiger partial charge is 0.255 e. The fourth-order valence-corrected chi connectivity index (χ4v) is 4.25. The Bertz CT molecular complexity index is 1270. The number of amides is 1. The number of nitrogens with zero attached hydrogens (tertiary/aromatic N) is 2. The van der Waals surface area contributed by atoms with E-state index in [4.69, 9.17) is 26.1 Å². The van der Waals surface area contributed by atoms with Crippen LogP contribution in [0.1, 0.15) is 35.4 Å². The Morgan fingerprint density at radius 3 is 2.51 bits per heavy atom. The van der Waals surface area contributed by atoms with E-state index in [1.54, 1.807) is 19.2 Å². The van der Waals surface area contributed by atoms with Gasteiger partial charge in [-0.1, -0.05) is 48.0 Å². The molecule has 6 nitrogen and oxygen atoms in total. The van der Waals surface area contributed by atoms with E-state index in [1.165, 1.54) is 0 Å². The second-order valence-electron chi connectivity index (χ2n) is 8.21. The predicted octanol–water partition coefficient (Wildman–Crippen LogP) is 5.92. The minimum Gasteiger partial charge on any atom is -0.496 e. The van der Waals surface area contributed by atoms with Gasteiger partial charge in [0.05, 0.1) is 35.3 Å². The summed E-state index contributed by atoms with van der Waals surface area (Å²) in [5, 5.41) is 3.63. The number of unbranched alkanes of at least 4 members (excludes halogenated alkanes) is 1. The predicted molar refractivity (Wildman–Crippen MR) is 140 cm³/mol. The lowest BCUT2D eigenvalue weighted by Gasteiger charge is -2.11. The van der Waals surface area contributed by atoms with Crippen molar-refractivity contribution in [1.82, 2.24) is 14.9 Å².